The predicted octanol–water partition coefficient (Wildman–Crippen LogP) is 5.28. The lowest BCUT2D eigenvalue weighted by molar-refractivity contribution is 0.255. The van der Waals surface area contributed by atoms with E-state index in [1.165, 1.54) is 24.0 Å². The van der Waals surface area contributed by atoms with Crippen LogP contribution in [0.3, 0.4) is 0 Å². The summed E-state index contributed by atoms with van der Waals surface area (Å²) in [6.07, 6.45) is 13.0. The molecule has 0 N–H and O–H groups in total. The lowest BCUT2D eigenvalue weighted by Gasteiger charge is -2.36. The van der Waals surface area contributed by atoms with Crippen LogP contribution < -0.4 is 0 Å². The summed E-state index contributed by atoms with van der Waals surface area (Å²) in [5.74, 6) is 0.612. The van der Waals surface area contributed by atoms with E-state index in [-0.39, 0.29) is 0 Å². The van der Waals surface area contributed by atoms with E-state index in [2.05, 4.69) is 58.9 Å². The Morgan fingerprint density at radius 3 is 2.75 bits per heavy atom. The molecule has 0 aromatic rings. The highest BCUT2D eigenvalue weighted by atomic mass is 14.3. The van der Waals surface area contributed by atoms with Crippen molar-refractivity contribution in [2.24, 2.45) is 11.3 Å². The first-order valence-corrected chi connectivity index (χ1v) is 6.49. The van der Waals surface area contributed by atoms with E-state index in [1.54, 1.807) is 0 Å². The van der Waals surface area contributed by atoms with Crippen molar-refractivity contribution < 1.29 is 0 Å². The van der Waals surface area contributed by atoms with Crippen molar-refractivity contribution in [1.82, 2.24) is 0 Å². The Morgan fingerprint density at radius 2 is 2.19 bits per heavy atom. The highest BCUT2D eigenvalue weighted by Crippen LogP contribution is 2.41. The third kappa shape index (κ3) is 3.37. The maximum atomic E-state index is 2.40. The third-order valence-corrected chi connectivity index (χ3v) is 3.67. The summed E-state index contributed by atoms with van der Waals surface area (Å²) in [5, 5.41) is 0. The third-order valence-electron chi connectivity index (χ3n) is 3.67. The van der Waals surface area contributed by atoms with Crippen LogP contribution in [-0.2, 0) is 0 Å². The second-order valence-corrected chi connectivity index (χ2v) is 5.67. The van der Waals surface area contributed by atoms with Gasteiger partial charge in [-0.25, -0.2) is 0 Å². The molecule has 0 aliphatic heterocycles. The van der Waals surface area contributed by atoms with E-state index in [1.807, 2.05) is 0 Å². The lowest BCUT2D eigenvalue weighted by atomic mass is 9.68. The first-order valence-electron chi connectivity index (χ1n) is 6.49. The standard InChI is InChI=1S/C16H26/c1-6-8-13(2)10-11-15-14(3)9-7-12-16(15,4)5/h8-11,15H,6-7,12H2,1-5H3/b11-10+,13-8+. The van der Waals surface area contributed by atoms with Gasteiger partial charge in [-0.15, -0.1) is 0 Å². The van der Waals surface area contributed by atoms with Gasteiger partial charge in [0.05, 0.1) is 0 Å². The maximum Gasteiger partial charge on any atom is 0.00285 e. The fourth-order valence-corrected chi connectivity index (χ4v) is 2.62. The van der Waals surface area contributed by atoms with E-state index < -0.39 is 0 Å². The van der Waals surface area contributed by atoms with E-state index in [0.29, 0.717) is 11.3 Å². The van der Waals surface area contributed by atoms with Crippen LogP contribution in [0.4, 0.5) is 0 Å². The van der Waals surface area contributed by atoms with Gasteiger partial charge < -0.3 is 0 Å². The number of hydrogen-bond acceptors (Lipinski definition) is 0. The van der Waals surface area contributed by atoms with Gasteiger partial charge in [0.2, 0.25) is 0 Å². The van der Waals surface area contributed by atoms with Crippen molar-refractivity contribution in [1.29, 1.82) is 0 Å². The van der Waals surface area contributed by atoms with Crippen molar-refractivity contribution in [2.45, 2.75) is 53.9 Å². The van der Waals surface area contributed by atoms with Crippen LogP contribution in [0.1, 0.15) is 53.9 Å². The summed E-state index contributed by atoms with van der Waals surface area (Å²) in [4.78, 5) is 0. The van der Waals surface area contributed by atoms with E-state index in [0.717, 1.165) is 6.42 Å². The molecule has 0 nitrogen and oxygen atoms in total. The number of hydrogen-bond donors (Lipinski definition) is 0. The van der Waals surface area contributed by atoms with Crippen LogP contribution in [0.5, 0.6) is 0 Å². The molecule has 0 saturated heterocycles. The largest absolute Gasteiger partial charge is 0.0850 e. The molecule has 0 radical (unpaired) electrons. The van der Waals surface area contributed by atoms with Gasteiger partial charge in [0.1, 0.15) is 0 Å². The molecule has 0 fully saturated rings. The van der Waals surface area contributed by atoms with Crippen LogP contribution in [0.15, 0.2) is 35.5 Å². The average Bonchev–Trinajstić information content (AvgIpc) is 2.16. The molecular formula is C16H26. The van der Waals surface area contributed by atoms with Gasteiger partial charge in [-0.3, -0.25) is 0 Å². The van der Waals surface area contributed by atoms with Gasteiger partial charge in [-0.1, -0.05) is 56.2 Å². The first-order chi connectivity index (χ1) is 7.47. The predicted molar refractivity (Wildman–Crippen MR) is 73.5 cm³/mol. The Morgan fingerprint density at radius 1 is 1.50 bits per heavy atom. The summed E-state index contributed by atoms with van der Waals surface area (Å²) in [5.41, 5.74) is 3.34. The molecule has 1 aliphatic carbocycles. The van der Waals surface area contributed by atoms with Crippen molar-refractivity contribution in [2.75, 3.05) is 0 Å². The molecule has 1 aliphatic rings. The molecule has 90 valence electrons. The normalized spacial score (nSPS) is 25.9. The molecule has 0 heteroatoms. The highest BCUT2D eigenvalue weighted by molar-refractivity contribution is 5.24. The first kappa shape index (κ1) is 13.3. The summed E-state index contributed by atoms with van der Waals surface area (Å²) in [6.45, 7) is 11.4. The van der Waals surface area contributed by atoms with Crippen LogP contribution in [0, 0.1) is 11.3 Å². The van der Waals surface area contributed by atoms with Gasteiger partial charge in [0, 0.05) is 5.92 Å². The summed E-state index contributed by atoms with van der Waals surface area (Å²) in [6, 6.07) is 0. The van der Waals surface area contributed by atoms with Gasteiger partial charge in [0.15, 0.2) is 0 Å². The van der Waals surface area contributed by atoms with Crippen molar-refractivity contribution >= 4 is 0 Å². The van der Waals surface area contributed by atoms with Gasteiger partial charge in [-0.05, 0) is 38.5 Å². The van der Waals surface area contributed by atoms with Gasteiger partial charge >= 0.3 is 0 Å². The zero-order chi connectivity index (χ0) is 12.2. The van der Waals surface area contributed by atoms with Crippen LogP contribution in [0.25, 0.3) is 0 Å². The summed E-state index contributed by atoms with van der Waals surface area (Å²) >= 11 is 0. The van der Waals surface area contributed by atoms with Gasteiger partial charge in [0.25, 0.3) is 0 Å². The topological polar surface area (TPSA) is 0 Å². The molecule has 0 spiro atoms. The lowest BCUT2D eigenvalue weighted by Crippen LogP contribution is -2.26. The monoisotopic (exact) mass is 218 g/mol. The van der Waals surface area contributed by atoms with Crippen molar-refractivity contribution in [3.8, 4) is 0 Å². The molecule has 0 amide bonds. The zero-order valence-corrected chi connectivity index (χ0v) is 11.5. The van der Waals surface area contributed by atoms with Crippen LogP contribution in [0.2, 0.25) is 0 Å². The quantitative estimate of drug-likeness (QED) is 0.446. The molecule has 1 rings (SSSR count). The van der Waals surface area contributed by atoms with Crippen LogP contribution >= 0.6 is 0 Å². The Bertz CT molecular complexity index is 313. The van der Waals surface area contributed by atoms with Crippen molar-refractivity contribution in [3.63, 3.8) is 0 Å². The molecule has 0 heterocycles. The minimum absolute atomic E-state index is 0.418. The highest BCUT2D eigenvalue weighted by Gasteiger charge is 2.30. The minimum atomic E-state index is 0.418. The smallest absolute Gasteiger partial charge is 0.00285 e. The second-order valence-electron chi connectivity index (χ2n) is 5.67. The zero-order valence-electron chi connectivity index (χ0n) is 11.5. The molecule has 1 atom stereocenters. The Kier molecular flexibility index (Phi) is 4.58. The van der Waals surface area contributed by atoms with E-state index in [9.17, 15) is 0 Å². The van der Waals surface area contributed by atoms with E-state index in [4.69, 9.17) is 0 Å². The molecule has 0 bridgehead atoms. The fraction of sp³-hybridized carbons (Fsp3) is 0.625. The van der Waals surface area contributed by atoms with E-state index >= 15 is 0 Å². The Labute approximate surface area is 101 Å². The SMILES string of the molecule is CC/C=C(C)/C=C/C1C(C)=CCCC1(C)C. The molecule has 16 heavy (non-hydrogen) atoms. The number of rotatable bonds is 3. The van der Waals surface area contributed by atoms with Crippen molar-refractivity contribution in [3.05, 3.63) is 35.5 Å². The minimum Gasteiger partial charge on any atom is -0.0850 e. The molecule has 0 aromatic heterocycles. The molecule has 0 saturated carbocycles. The average molecular weight is 218 g/mol. The molecular weight excluding hydrogens is 192 g/mol. The second kappa shape index (κ2) is 5.52. The Hall–Kier alpha value is -0.780. The summed E-state index contributed by atoms with van der Waals surface area (Å²) < 4.78 is 0. The summed E-state index contributed by atoms with van der Waals surface area (Å²) in [7, 11) is 0. The molecule has 0 aromatic carbocycles. The van der Waals surface area contributed by atoms with Gasteiger partial charge in [-0.2, -0.15) is 0 Å². The number of allylic oxidation sites excluding steroid dienone is 6. The molecule has 1 unspecified atom stereocenters. The maximum absolute atomic E-state index is 2.40. The van der Waals surface area contributed by atoms with Crippen LogP contribution in [-0.4, -0.2) is 0 Å². The Balaban J connectivity index is 2.81. The fourth-order valence-electron chi connectivity index (χ4n) is 2.62.